The van der Waals surface area contributed by atoms with Gasteiger partial charge in [0.1, 0.15) is 24.5 Å². The van der Waals surface area contributed by atoms with Crippen molar-refractivity contribution in [3.63, 3.8) is 0 Å². The van der Waals surface area contributed by atoms with E-state index >= 15 is 0 Å². The highest BCUT2D eigenvalue weighted by molar-refractivity contribution is 5.94. The van der Waals surface area contributed by atoms with Crippen molar-refractivity contribution in [1.29, 1.82) is 0 Å². The van der Waals surface area contributed by atoms with Crippen LogP contribution in [0.15, 0.2) is 42.5 Å². The SMILES string of the molecule is Cc1ccc(OCCOC(=O)c2cccc(C)c2[N+](=O)[O-])cc1. The average Bonchev–Trinajstić information content (AvgIpc) is 2.52. The first kappa shape index (κ1) is 16.5. The van der Waals surface area contributed by atoms with Crippen LogP contribution in [0.2, 0.25) is 0 Å². The number of aryl methyl sites for hydroxylation is 2. The molecule has 0 unspecified atom stereocenters. The van der Waals surface area contributed by atoms with Crippen LogP contribution >= 0.6 is 0 Å². The maximum atomic E-state index is 12.0. The first-order chi connectivity index (χ1) is 11.0. The lowest BCUT2D eigenvalue weighted by Crippen LogP contribution is -2.14. The minimum atomic E-state index is -0.729. The predicted octanol–water partition coefficient (Wildman–Crippen LogP) is 3.45. The fraction of sp³-hybridized carbons (Fsp3) is 0.235. The van der Waals surface area contributed by atoms with Crippen LogP contribution in [0.25, 0.3) is 0 Å². The van der Waals surface area contributed by atoms with Crippen LogP contribution < -0.4 is 4.74 Å². The van der Waals surface area contributed by atoms with E-state index in [1.54, 1.807) is 19.1 Å². The number of rotatable bonds is 6. The molecule has 0 heterocycles. The predicted molar refractivity (Wildman–Crippen MR) is 84.8 cm³/mol. The van der Waals surface area contributed by atoms with E-state index in [9.17, 15) is 14.9 Å². The van der Waals surface area contributed by atoms with Gasteiger partial charge in [-0.3, -0.25) is 10.1 Å². The van der Waals surface area contributed by atoms with Gasteiger partial charge in [-0.15, -0.1) is 0 Å². The van der Waals surface area contributed by atoms with Crippen LogP contribution in [0.3, 0.4) is 0 Å². The fourth-order valence-electron chi connectivity index (χ4n) is 2.07. The van der Waals surface area contributed by atoms with Crippen molar-refractivity contribution >= 4 is 11.7 Å². The number of nitrogens with zero attached hydrogens (tertiary/aromatic N) is 1. The van der Waals surface area contributed by atoms with Crippen LogP contribution in [-0.4, -0.2) is 24.1 Å². The number of esters is 1. The monoisotopic (exact) mass is 315 g/mol. The quantitative estimate of drug-likeness (QED) is 0.353. The molecule has 6 nitrogen and oxygen atoms in total. The highest BCUT2D eigenvalue weighted by atomic mass is 16.6. The summed E-state index contributed by atoms with van der Waals surface area (Å²) in [4.78, 5) is 22.5. The number of nitro benzene ring substituents is 1. The summed E-state index contributed by atoms with van der Waals surface area (Å²) in [5.41, 5.74) is 1.26. The maximum absolute atomic E-state index is 12.0. The van der Waals surface area contributed by atoms with Crippen molar-refractivity contribution in [3.8, 4) is 5.75 Å². The third-order valence-corrected chi connectivity index (χ3v) is 3.25. The molecular formula is C17H17NO5. The molecule has 0 saturated heterocycles. The van der Waals surface area contributed by atoms with E-state index in [4.69, 9.17) is 9.47 Å². The van der Waals surface area contributed by atoms with Crippen LogP contribution in [0.5, 0.6) is 5.75 Å². The van der Waals surface area contributed by atoms with Crippen molar-refractivity contribution in [1.82, 2.24) is 0 Å². The molecule has 2 rings (SSSR count). The smallest absolute Gasteiger partial charge is 0.345 e. The summed E-state index contributed by atoms with van der Waals surface area (Å²) >= 11 is 0. The number of hydrogen-bond donors (Lipinski definition) is 0. The number of nitro groups is 1. The third kappa shape index (κ3) is 4.29. The Hall–Kier alpha value is -2.89. The lowest BCUT2D eigenvalue weighted by molar-refractivity contribution is -0.385. The first-order valence-corrected chi connectivity index (χ1v) is 7.09. The third-order valence-electron chi connectivity index (χ3n) is 3.25. The zero-order chi connectivity index (χ0) is 16.8. The molecule has 0 aliphatic rings. The van der Waals surface area contributed by atoms with Crippen LogP contribution in [0, 0.1) is 24.0 Å². The van der Waals surface area contributed by atoms with Gasteiger partial charge in [0.05, 0.1) is 4.92 Å². The number of benzene rings is 2. The highest BCUT2D eigenvalue weighted by Crippen LogP contribution is 2.23. The Morgan fingerprint density at radius 2 is 1.78 bits per heavy atom. The molecular weight excluding hydrogens is 298 g/mol. The van der Waals surface area contributed by atoms with E-state index in [2.05, 4.69) is 0 Å². The zero-order valence-electron chi connectivity index (χ0n) is 12.9. The molecule has 0 fully saturated rings. The van der Waals surface area contributed by atoms with Crippen molar-refractivity contribution in [2.75, 3.05) is 13.2 Å². The molecule has 0 aromatic heterocycles. The normalized spacial score (nSPS) is 10.2. The summed E-state index contributed by atoms with van der Waals surface area (Å²) in [5, 5.41) is 11.1. The van der Waals surface area contributed by atoms with E-state index in [1.165, 1.54) is 6.07 Å². The van der Waals surface area contributed by atoms with Crippen molar-refractivity contribution in [3.05, 3.63) is 69.3 Å². The fourth-order valence-corrected chi connectivity index (χ4v) is 2.07. The molecule has 0 saturated carbocycles. The second kappa shape index (κ2) is 7.40. The Bertz CT molecular complexity index is 709. The number of hydrogen-bond acceptors (Lipinski definition) is 5. The van der Waals surface area contributed by atoms with Gasteiger partial charge in [0.25, 0.3) is 5.69 Å². The molecule has 23 heavy (non-hydrogen) atoms. The summed E-state index contributed by atoms with van der Waals surface area (Å²) in [6, 6.07) is 12.0. The molecule has 0 bridgehead atoms. The Labute approximate surface area is 133 Å². The van der Waals surface area contributed by atoms with Gasteiger partial charge in [-0.1, -0.05) is 29.8 Å². The number of carbonyl (C=O) groups is 1. The summed E-state index contributed by atoms with van der Waals surface area (Å²) < 4.78 is 10.5. The Balaban J connectivity index is 1.91. The Kier molecular flexibility index (Phi) is 5.30. The number of ether oxygens (including phenoxy) is 2. The lowest BCUT2D eigenvalue weighted by atomic mass is 10.1. The van der Waals surface area contributed by atoms with Gasteiger partial charge >= 0.3 is 5.97 Å². The molecule has 2 aromatic rings. The molecule has 2 aromatic carbocycles. The van der Waals surface area contributed by atoms with Gasteiger partial charge in [0, 0.05) is 5.56 Å². The van der Waals surface area contributed by atoms with E-state index in [-0.39, 0.29) is 24.5 Å². The number of carbonyl (C=O) groups excluding carboxylic acids is 1. The van der Waals surface area contributed by atoms with Gasteiger partial charge in [0.2, 0.25) is 0 Å². The van der Waals surface area contributed by atoms with Gasteiger partial charge in [0.15, 0.2) is 0 Å². The van der Waals surface area contributed by atoms with E-state index in [1.807, 2.05) is 31.2 Å². The molecule has 6 heteroatoms. The Morgan fingerprint density at radius 3 is 2.43 bits per heavy atom. The second-order valence-corrected chi connectivity index (χ2v) is 5.03. The molecule has 0 spiro atoms. The molecule has 0 aliphatic carbocycles. The summed E-state index contributed by atoms with van der Waals surface area (Å²) in [5.74, 6) is -0.0545. The molecule has 0 atom stereocenters. The van der Waals surface area contributed by atoms with Crippen molar-refractivity contribution in [2.24, 2.45) is 0 Å². The van der Waals surface area contributed by atoms with Gasteiger partial charge in [-0.25, -0.2) is 4.79 Å². The van der Waals surface area contributed by atoms with Crippen molar-refractivity contribution < 1.29 is 19.2 Å². The standard InChI is InChI=1S/C17H17NO5/c1-12-6-8-14(9-7-12)22-10-11-23-17(19)15-5-3-4-13(2)16(15)18(20)21/h3-9H,10-11H2,1-2H3. The van der Waals surface area contributed by atoms with E-state index < -0.39 is 10.9 Å². The summed E-state index contributed by atoms with van der Waals surface area (Å²) in [6.07, 6.45) is 0. The van der Waals surface area contributed by atoms with E-state index in [0.29, 0.717) is 11.3 Å². The molecule has 0 aliphatic heterocycles. The number of para-hydroxylation sites is 1. The Morgan fingerprint density at radius 1 is 1.09 bits per heavy atom. The topological polar surface area (TPSA) is 78.7 Å². The zero-order valence-corrected chi connectivity index (χ0v) is 12.9. The molecule has 0 N–H and O–H groups in total. The van der Waals surface area contributed by atoms with Crippen LogP contribution in [0.1, 0.15) is 21.5 Å². The maximum Gasteiger partial charge on any atom is 0.345 e. The molecule has 120 valence electrons. The average molecular weight is 315 g/mol. The molecule has 0 amide bonds. The minimum absolute atomic E-state index is 0.0117. The molecule has 0 radical (unpaired) electrons. The van der Waals surface area contributed by atoms with Gasteiger partial charge in [-0.05, 0) is 32.0 Å². The van der Waals surface area contributed by atoms with E-state index in [0.717, 1.165) is 5.56 Å². The first-order valence-electron chi connectivity index (χ1n) is 7.09. The lowest BCUT2D eigenvalue weighted by Gasteiger charge is -2.08. The van der Waals surface area contributed by atoms with Crippen LogP contribution in [-0.2, 0) is 4.74 Å². The minimum Gasteiger partial charge on any atom is -0.490 e. The summed E-state index contributed by atoms with van der Waals surface area (Å²) in [7, 11) is 0. The second-order valence-electron chi connectivity index (χ2n) is 5.03. The van der Waals surface area contributed by atoms with Crippen LogP contribution in [0.4, 0.5) is 5.69 Å². The largest absolute Gasteiger partial charge is 0.490 e. The van der Waals surface area contributed by atoms with Gasteiger partial charge in [-0.2, -0.15) is 0 Å². The van der Waals surface area contributed by atoms with Crippen molar-refractivity contribution in [2.45, 2.75) is 13.8 Å². The van der Waals surface area contributed by atoms with Gasteiger partial charge < -0.3 is 9.47 Å². The highest BCUT2D eigenvalue weighted by Gasteiger charge is 2.23. The summed E-state index contributed by atoms with van der Waals surface area (Å²) in [6.45, 7) is 3.74.